The summed E-state index contributed by atoms with van der Waals surface area (Å²) in [6.07, 6.45) is 14.3. The number of nitrogens with zero attached hydrogens (tertiary/aromatic N) is 5. The molecular weight excluding hydrogens is 368 g/mol. The normalized spacial score (nSPS) is 17.8. The second-order valence-electron chi connectivity index (χ2n) is 7.97. The standard InChI is InChI=1S/C21H24N6O2/c28-20(24-16-5-3-1-2-4-6-16)17-12-27(13-23-17)18-10-9-15(11-22-18)21-25-19(26-29-21)14-7-8-14/h9-14,16H,1-8H2,(H,24,28). The van der Waals surface area contributed by atoms with Gasteiger partial charge in [-0.3, -0.25) is 9.36 Å². The summed E-state index contributed by atoms with van der Waals surface area (Å²) in [4.78, 5) is 25.7. The van der Waals surface area contributed by atoms with Crippen molar-refractivity contribution in [3.05, 3.63) is 42.4 Å². The lowest BCUT2D eigenvalue weighted by atomic mass is 10.1. The van der Waals surface area contributed by atoms with Gasteiger partial charge in [0.2, 0.25) is 0 Å². The fourth-order valence-electron chi connectivity index (χ4n) is 3.77. The Kier molecular flexibility index (Phi) is 4.83. The highest BCUT2D eigenvalue weighted by atomic mass is 16.5. The van der Waals surface area contributed by atoms with Gasteiger partial charge in [0.25, 0.3) is 11.8 Å². The highest BCUT2D eigenvalue weighted by molar-refractivity contribution is 5.92. The van der Waals surface area contributed by atoms with Crippen LogP contribution in [-0.4, -0.2) is 36.6 Å². The molecule has 0 spiro atoms. The van der Waals surface area contributed by atoms with Crippen molar-refractivity contribution in [3.63, 3.8) is 0 Å². The topological polar surface area (TPSA) is 98.7 Å². The number of hydrogen-bond acceptors (Lipinski definition) is 6. The van der Waals surface area contributed by atoms with Crippen LogP contribution < -0.4 is 5.32 Å². The van der Waals surface area contributed by atoms with E-state index in [-0.39, 0.29) is 11.9 Å². The van der Waals surface area contributed by atoms with Crippen LogP contribution in [0.4, 0.5) is 0 Å². The van der Waals surface area contributed by atoms with Gasteiger partial charge >= 0.3 is 0 Å². The summed E-state index contributed by atoms with van der Waals surface area (Å²) >= 11 is 0. The van der Waals surface area contributed by atoms with Crippen molar-refractivity contribution in [2.75, 3.05) is 0 Å². The van der Waals surface area contributed by atoms with Crippen molar-refractivity contribution >= 4 is 5.91 Å². The molecule has 2 aliphatic carbocycles. The molecule has 8 nitrogen and oxygen atoms in total. The van der Waals surface area contributed by atoms with E-state index in [1.54, 1.807) is 23.3 Å². The van der Waals surface area contributed by atoms with E-state index in [4.69, 9.17) is 4.52 Å². The van der Waals surface area contributed by atoms with Crippen LogP contribution in [0.5, 0.6) is 0 Å². The summed E-state index contributed by atoms with van der Waals surface area (Å²) in [6.45, 7) is 0. The lowest BCUT2D eigenvalue weighted by Gasteiger charge is -2.15. The zero-order valence-corrected chi connectivity index (χ0v) is 16.3. The number of imidazole rings is 1. The molecule has 5 rings (SSSR count). The summed E-state index contributed by atoms with van der Waals surface area (Å²) in [5.74, 6) is 2.28. The molecule has 0 bridgehead atoms. The predicted molar refractivity (Wildman–Crippen MR) is 106 cm³/mol. The van der Waals surface area contributed by atoms with Crippen LogP contribution in [0.15, 0.2) is 35.4 Å². The van der Waals surface area contributed by atoms with Gasteiger partial charge in [-0.15, -0.1) is 0 Å². The number of carbonyl (C=O) groups is 1. The van der Waals surface area contributed by atoms with E-state index in [9.17, 15) is 4.79 Å². The zero-order chi connectivity index (χ0) is 19.6. The minimum atomic E-state index is -0.120. The van der Waals surface area contributed by atoms with Gasteiger partial charge in [0, 0.05) is 24.4 Å². The summed E-state index contributed by atoms with van der Waals surface area (Å²) in [5.41, 5.74) is 1.19. The van der Waals surface area contributed by atoms with E-state index in [1.807, 2.05) is 12.1 Å². The maximum absolute atomic E-state index is 12.5. The van der Waals surface area contributed by atoms with Gasteiger partial charge in [0.05, 0.1) is 5.56 Å². The number of hydrogen-bond donors (Lipinski definition) is 1. The summed E-state index contributed by atoms with van der Waals surface area (Å²) in [6, 6.07) is 3.99. The SMILES string of the molecule is O=C(NC1CCCCCC1)c1cn(-c2ccc(-c3nc(C4CC4)no3)cn2)cn1. The van der Waals surface area contributed by atoms with Crippen LogP contribution in [0.2, 0.25) is 0 Å². The maximum Gasteiger partial charge on any atom is 0.271 e. The Morgan fingerprint density at radius 3 is 2.62 bits per heavy atom. The van der Waals surface area contributed by atoms with Gasteiger partial charge in [-0.1, -0.05) is 30.8 Å². The molecular formula is C21H24N6O2. The van der Waals surface area contributed by atoms with Gasteiger partial charge < -0.3 is 9.84 Å². The molecule has 2 fully saturated rings. The Morgan fingerprint density at radius 1 is 1.07 bits per heavy atom. The largest absolute Gasteiger partial charge is 0.348 e. The first-order valence-corrected chi connectivity index (χ1v) is 10.4. The van der Waals surface area contributed by atoms with Crippen molar-refractivity contribution in [1.29, 1.82) is 0 Å². The Hall–Kier alpha value is -3.03. The van der Waals surface area contributed by atoms with E-state index in [2.05, 4.69) is 25.4 Å². The lowest BCUT2D eigenvalue weighted by Crippen LogP contribution is -2.34. The van der Waals surface area contributed by atoms with Gasteiger partial charge in [-0.25, -0.2) is 9.97 Å². The third kappa shape index (κ3) is 4.06. The van der Waals surface area contributed by atoms with Crippen molar-refractivity contribution in [1.82, 2.24) is 30.0 Å². The van der Waals surface area contributed by atoms with Gasteiger partial charge in [-0.05, 0) is 37.8 Å². The number of nitrogens with one attached hydrogen (secondary N) is 1. The van der Waals surface area contributed by atoms with E-state index in [1.165, 1.54) is 25.7 Å². The Balaban J connectivity index is 1.26. The molecule has 3 aromatic rings. The third-order valence-corrected chi connectivity index (χ3v) is 5.65. The Morgan fingerprint density at radius 2 is 1.90 bits per heavy atom. The molecule has 0 atom stereocenters. The van der Waals surface area contributed by atoms with Gasteiger partial charge in [0.1, 0.15) is 17.8 Å². The van der Waals surface area contributed by atoms with Crippen LogP contribution in [0.25, 0.3) is 17.3 Å². The fraction of sp³-hybridized carbons (Fsp3) is 0.476. The van der Waals surface area contributed by atoms with E-state index in [0.29, 0.717) is 23.3 Å². The first kappa shape index (κ1) is 18.0. The fourth-order valence-corrected chi connectivity index (χ4v) is 3.77. The maximum atomic E-state index is 12.5. The molecule has 0 saturated heterocycles. The van der Waals surface area contributed by atoms with Crippen molar-refractivity contribution < 1.29 is 9.32 Å². The molecule has 8 heteroatoms. The highest BCUT2D eigenvalue weighted by Gasteiger charge is 2.29. The molecule has 2 saturated carbocycles. The van der Waals surface area contributed by atoms with Crippen molar-refractivity contribution in [2.24, 2.45) is 0 Å². The van der Waals surface area contributed by atoms with E-state index >= 15 is 0 Å². The van der Waals surface area contributed by atoms with Crippen LogP contribution in [0.1, 0.15) is 73.6 Å². The second-order valence-corrected chi connectivity index (χ2v) is 7.97. The first-order valence-electron chi connectivity index (χ1n) is 10.4. The van der Waals surface area contributed by atoms with Gasteiger partial charge in [-0.2, -0.15) is 4.98 Å². The molecule has 150 valence electrons. The molecule has 0 aliphatic heterocycles. The van der Waals surface area contributed by atoms with Crippen LogP contribution >= 0.6 is 0 Å². The monoisotopic (exact) mass is 392 g/mol. The minimum absolute atomic E-state index is 0.120. The number of rotatable bonds is 5. The van der Waals surface area contributed by atoms with Crippen LogP contribution in [0, 0.1) is 0 Å². The van der Waals surface area contributed by atoms with E-state index < -0.39 is 0 Å². The average Bonchev–Trinajstić information content (AvgIpc) is 3.36. The Labute approximate surface area is 168 Å². The van der Waals surface area contributed by atoms with Crippen molar-refractivity contribution in [2.45, 2.75) is 63.3 Å². The molecule has 29 heavy (non-hydrogen) atoms. The minimum Gasteiger partial charge on any atom is -0.348 e. The molecule has 3 aromatic heterocycles. The van der Waals surface area contributed by atoms with Crippen LogP contribution in [0.3, 0.4) is 0 Å². The Bertz CT molecular complexity index is 981. The summed E-state index contributed by atoms with van der Waals surface area (Å²) in [7, 11) is 0. The quantitative estimate of drug-likeness (QED) is 0.666. The zero-order valence-electron chi connectivity index (χ0n) is 16.3. The van der Waals surface area contributed by atoms with E-state index in [0.717, 1.165) is 37.1 Å². The number of aromatic nitrogens is 5. The molecule has 0 radical (unpaired) electrons. The molecule has 1 amide bonds. The summed E-state index contributed by atoms with van der Waals surface area (Å²) < 4.78 is 7.09. The number of carbonyl (C=O) groups excluding carboxylic acids is 1. The second kappa shape index (κ2) is 7.77. The van der Waals surface area contributed by atoms with Crippen molar-refractivity contribution in [3.8, 4) is 17.3 Å². The third-order valence-electron chi connectivity index (χ3n) is 5.65. The smallest absolute Gasteiger partial charge is 0.271 e. The first-order chi connectivity index (χ1) is 14.3. The summed E-state index contributed by atoms with van der Waals surface area (Å²) in [5, 5.41) is 7.16. The average molecular weight is 392 g/mol. The molecule has 3 heterocycles. The predicted octanol–water partition coefficient (Wildman–Crippen LogP) is 3.65. The number of pyridine rings is 1. The highest BCUT2D eigenvalue weighted by Crippen LogP contribution is 2.38. The molecule has 1 N–H and O–H groups in total. The van der Waals surface area contributed by atoms with Crippen LogP contribution in [-0.2, 0) is 0 Å². The molecule has 0 unspecified atom stereocenters. The number of amides is 1. The van der Waals surface area contributed by atoms with Gasteiger partial charge in [0.15, 0.2) is 5.82 Å². The lowest BCUT2D eigenvalue weighted by molar-refractivity contribution is 0.0928. The molecule has 0 aromatic carbocycles. The molecule has 2 aliphatic rings.